The molecule has 0 amide bonds. The molecule has 1 fully saturated rings. The highest BCUT2D eigenvalue weighted by Crippen LogP contribution is 2.57. The van der Waals surface area contributed by atoms with E-state index in [1.54, 1.807) is 0 Å². The maximum absolute atomic E-state index is 12.9. The van der Waals surface area contributed by atoms with Gasteiger partial charge < -0.3 is 14.6 Å². The van der Waals surface area contributed by atoms with Crippen molar-refractivity contribution in [3.05, 3.63) is 71.8 Å². The third kappa shape index (κ3) is 4.05. The Balaban J connectivity index is 1.90. The largest absolute Gasteiger partial charge is 0.550 e. The summed E-state index contributed by atoms with van der Waals surface area (Å²) in [5, 5.41) is 12.0. The van der Waals surface area contributed by atoms with Gasteiger partial charge in [0, 0.05) is 23.7 Å². The maximum Gasteiger partial charge on any atom is 0.310 e. The summed E-state index contributed by atoms with van der Waals surface area (Å²) in [6, 6.07) is 18.7. The molecule has 4 nitrogen and oxygen atoms in total. The second-order valence-electron chi connectivity index (χ2n) is 7.12. The van der Waals surface area contributed by atoms with Crippen molar-refractivity contribution < 1.29 is 19.4 Å². The molecule has 0 aromatic heterocycles. The molecule has 0 saturated heterocycles. The Bertz CT molecular complexity index is 709. The number of rotatable bonds is 8. The molecule has 0 heterocycles. The lowest BCUT2D eigenvalue weighted by Crippen LogP contribution is -2.55. The summed E-state index contributed by atoms with van der Waals surface area (Å²) in [5.74, 6) is -3.55. The zero-order valence-corrected chi connectivity index (χ0v) is 15.5. The first-order valence-corrected chi connectivity index (χ1v) is 9.62. The van der Waals surface area contributed by atoms with Gasteiger partial charge in [-0.1, -0.05) is 80.4 Å². The monoisotopic (exact) mass is 365 g/mol. The van der Waals surface area contributed by atoms with E-state index < -0.39 is 29.6 Å². The highest BCUT2D eigenvalue weighted by atomic mass is 16.5. The topological polar surface area (TPSA) is 66.4 Å². The molecule has 0 radical (unpaired) electrons. The molecular weight excluding hydrogens is 340 g/mol. The van der Waals surface area contributed by atoms with Crippen LogP contribution >= 0.6 is 0 Å². The standard InChI is InChI=1S/C23H26O4/c1-2-3-10-15-27-23(26)21-18(16-11-6-4-7-12-16)20(22(24)25)19(21)17-13-8-5-9-14-17/h4-9,11-14,18-21H,2-3,10,15H2,1H3,(H,24,25)/p-1/t18-,19-,20?,21?/m1/s1. The Kier molecular flexibility index (Phi) is 6.28. The zero-order chi connectivity index (χ0) is 19.2. The second-order valence-corrected chi connectivity index (χ2v) is 7.12. The summed E-state index contributed by atoms with van der Waals surface area (Å²) in [5.41, 5.74) is 1.68. The molecular formula is C23H25O4-. The first-order chi connectivity index (χ1) is 13.1. The van der Waals surface area contributed by atoms with Crippen molar-refractivity contribution in [3.63, 3.8) is 0 Å². The van der Waals surface area contributed by atoms with Crippen molar-refractivity contribution in [3.8, 4) is 0 Å². The summed E-state index contributed by atoms with van der Waals surface area (Å²) in [7, 11) is 0. The van der Waals surface area contributed by atoms with Crippen LogP contribution in [0.3, 0.4) is 0 Å². The van der Waals surface area contributed by atoms with Crippen LogP contribution in [-0.2, 0) is 14.3 Å². The molecule has 2 aromatic carbocycles. The second kappa shape index (κ2) is 8.85. The average Bonchev–Trinajstić information content (AvgIpc) is 2.66. The van der Waals surface area contributed by atoms with Crippen LogP contribution in [0.25, 0.3) is 0 Å². The number of hydrogen-bond acceptors (Lipinski definition) is 4. The smallest absolute Gasteiger partial charge is 0.310 e. The number of carboxylic acid groups (broad SMARTS) is 1. The first kappa shape index (κ1) is 19.2. The van der Waals surface area contributed by atoms with Crippen LogP contribution < -0.4 is 5.11 Å². The van der Waals surface area contributed by atoms with E-state index >= 15 is 0 Å². The molecule has 1 saturated carbocycles. The Morgan fingerprint density at radius 2 is 1.37 bits per heavy atom. The SMILES string of the molecule is CCCCCOC(=O)C1[C@H](c2ccccc2)C(C(=O)[O-])[C@H]1c1ccccc1. The molecule has 4 heteroatoms. The van der Waals surface area contributed by atoms with Crippen molar-refractivity contribution in [1.29, 1.82) is 0 Å². The number of carbonyl (C=O) groups excluding carboxylic acids is 2. The first-order valence-electron chi connectivity index (χ1n) is 9.62. The van der Waals surface area contributed by atoms with Crippen LogP contribution in [0.4, 0.5) is 0 Å². The van der Waals surface area contributed by atoms with E-state index in [2.05, 4.69) is 6.92 Å². The van der Waals surface area contributed by atoms with Crippen LogP contribution in [0.15, 0.2) is 60.7 Å². The van der Waals surface area contributed by atoms with Gasteiger partial charge in [0.15, 0.2) is 0 Å². The highest BCUT2D eigenvalue weighted by Gasteiger charge is 2.56. The van der Waals surface area contributed by atoms with Crippen molar-refractivity contribution in [2.24, 2.45) is 11.8 Å². The van der Waals surface area contributed by atoms with E-state index in [1.165, 1.54) is 0 Å². The molecule has 2 aromatic rings. The predicted octanol–water partition coefficient (Wildman–Crippen LogP) is 3.28. The molecule has 1 aliphatic carbocycles. The number of esters is 1. The quantitative estimate of drug-likeness (QED) is 0.532. The van der Waals surface area contributed by atoms with Crippen LogP contribution in [0.5, 0.6) is 0 Å². The minimum atomic E-state index is -1.12. The number of carbonyl (C=O) groups is 2. The summed E-state index contributed by atoms with van der Waals surface area (Å²) < 4.78 is 5.53. The van der Waals surface area contributed by atoms with Crippen LogP contribution in [0.1, 0.15) is 49.1 Å². The summed E-state index contributed by atoms with van der Waals surface area (Å²) in [6.07, 6.45) is 2.88. The highest BCUT2D eigenvalue weighted by molar-refractivity contribution is 5.83. The molecule has 3 rings (SSSR count). The fourth-order valence-corrected chi connectivity index (χ4v) is 4.14. The molecule has 1 aliphatic rings. The fourth-order valence-electron chi connectivity index (χ4n) is 4.14. The van der Waals surface area contributed by atoms with Crippen molar-refractivity contribution in [1.82, 2.24) is 0 Å². The van der Waals surface area contributed by atoms with Gasteiger partial charge in [0.05, 0.1) is 12.5 Å². The number of aliphatic carboxylic acids is 1. The van der Waals surface area contributed by atoms with Crippen LogP contribution in [0, 0.1) is 11.8 Å². The molecule has 0 spiro atoms. The van der Waals surface area contributed by atoms with E-state index in [0.29, 0.717) is 6.61 Å². The summed E-state index contributed by atoms with van der Waals surface area (Å²) >= 11 is 0. The summed E-state index contributed by atoms with van der Waals surface area (Å²) in [4.78, 5) is 24.8. The van der Waals surface area contributed by atoms with Gasteiger partial charge in [-0.15, -0.1) is 0 Å². The fraction of sp³-hybridized carbons (Fsp3) is 0.391. The maximum atomic E-state index is 12.9. The molecule has 2 atom stereocenters. The molecule has 142 valence electrons. The van der Waals surface area contributed by atoms with Gasteiger partial charge in [-0.3, -0.25) is 4.79 Å². The van der Waals surface area contributed by atoms with Gasteiger partial charge in [-0.2, -0.15) is 0 Å². The van der Waals surface area contributed by atoms with Crippen molar-refractivity contribution in [2.45, 2.75) is 38.0 Å². The van der Waals surface area contributed by atoms with E-state index in [0.717, 1.165) is 30.4 Å². The van der Waals surface area contributed by atoms with E-state index in [4.69, 9.17) is 4.74 Å². The number of ether oxygens (including phenoxy) is 1. The third-order valence-corrected chi connectivity index (χ3v) is 5.45. The normalized spacial score (nSPS) is 24.0. The van der Waals surface area contributed by atoms with Gasteiger partial charge in [-0.05, 0) is 17.5 Å². The lowest BCUT2D eigenvalue weighted by atomic mass is 9.52. The van der Waals surface area contributed by atoms with Crippen LogP contribution in [0.2, 0.25) is 0 Å². The van der Waals surface area contributed by atoms with Crippen molar-refractivity contribution >= 4 is 11.9 Å². The lowest BCUT2D eigenvalue weighted by Gasteiger charge is -2.51. The van der Waals surface area contributed by atoms with E-state index in [1.807, 2.05) is 60.7 Å². The lowest BCUT2D eigenvalue weighted by molar-refractivity contribution is -0.317. The minimum Gasteiger partial charge on any atom is -0.550 e. The number of carboxylic acids is 1. The molecule has 0 aliphatic heterocycles. The van der Waals surface area contributed by atoms with Gasteiger partial charge in [-0.25, -0.2) is 0 Å². The Morgan fingerprint density at radius 3 is 1.81 bits per heavy atom. The van der Waals surface area contributed by atoms with Gasteiger partial charge >= 0.3 is 5.97 Å². The number of hydrogen-bond donors (Lipinski definition) is 0. The molecule has 27 heavy (non-hydrogen) atoms. The average molecular weight is 365 g/mol. The molecule has 0 bridgehead atoms. The Hall–Kier alpha value is -2.62. The van der Waals surface area contributed by atoms with E-state index in [-0.39, 0.29) is 5.97 Å². The van der Waals surface area contributed by atoms with Gasteiger partial charge in [0.1, 0.15) is 0 Å². The van der Waals surface area contributed by atoms with Crippen molar-refractivity contribution in [2.75, 3.05) is 6.61 Å². The van der Waals surface area contributed by atoms with E-state index in [9.17, 15) is 14.7 Å². The number of benzene rings is 2. The Labute approximate surface area is 160 Å². The van der Waals surface area contributed by atoms with Gasteiger partial charge in [0.2, 0.25) is 0 Å². The summed E-state index contributed by atoms with van der Waals surface area (Å²) in [6.45, 7) is 2.47. The van der Waals surface area contributed by atoms with Gasteiger partial charge in [0.25, 0.3) is 0 Å². The zero-order valence-electron chi connectivity index (χ0n) is 15.5. The van der Waals surface area contributed by atoms with Crippen LogP contribution in [-0.4, -0.2) is 18.5 Å². The predicted molar refractivity (Wildman–Crippen MR) is 101 cm³/mol. The minimum absolute atomic E-state index is 0.314. The molecule has 0 unspecified atom stereocenters. The number of unbranched alkanes of at least 4 members (excludes halogenated alkanes) is 2. The Morgan fingerprint density at radius 1 is 0.852 bits per heavy atom. The molecule has 0 N–H and O–H groups in total. The third-order valence-electron chi connectivity index (χ3n) is 5.45.